The van der Waals surface area contributed by atoms with E-state index in [1.807, 2.05) is 24.1 Å². The summed E-state index contributed by atoms with van der Waals surface area (Å²) in [5.74, 6) is 0.463. The predicted octanol–water partition coefficient (Wildman–Crippen LogP) is 3.43. The molecule has 0 spiro atoms. The van der Waals surface area contributed by atoms with Crippen molar-refractivity contribution in [3.63, 3.8) is 0 Å². The summed E-state index contributed by atoms with van der Waals surface area (Å²) in [6.07, 6.45) is 8.21. The van der Waals surface area contributed by atoms with Crippen molar-refractivity contribution in [1.29, 1.82) is 0 Å². The lowest BCUT2D eigenvalue weighted by Crippen LogP contribution is -2.40. The number of aryl methyl sites for hydroxylation is 1. The lowest BCUT2D eigenvalue weighted by atomic mass is 9.90. The molecule has 1 aromatic carbocycles. The van der Waals surface area contributed by atoms with Crippen molar-refractivity contribution in [2.24, 2.45) is 5.92 Å². The minimum Gasteiger partial charge on any atom is -0.337 e. The molecule has 0 bridgehead atoms. The molecular formula is C21H22N4O. The molecule has 1 atom stereocenters. The van der Waals surface area contributed by atoms with E-state index in [2.05, 4.69) is 39.2 Å². The molecule has 0 radical (unpaired) electrons. The Morgan fingerprint density at radius 3 is 2.96 bits per heavy atom. The average Bonchev–Trinajstić information content (AvgIpc) is 2.68. The number of hydrogen-bond acceptors (Lipinski definition) is 4. The molecule has 4 rings (SSSR count). The number of fused-ring (bicyclic) bond motifs is 1. The lowest BCUT2D eigenvalue weighted by molar-refractivity contribution is 0.0667. The first-order chi connectivity index (χ1) is 12.7. The summed E-state index contributed by atoms with van der Waals surface area (Å²) in [7, 11) is 0. The monoisotopic (exact) mass is 346 g/mol. The summed E-state index contributed by atoms with van der Waals surface area (Å²) in [5.41, 5.74) is 3.59. The molecule has 132 valence electrons. The van der Waals surface area contributed by atoms with Crippen molar-refractivity contribution in [2.75, 3.05) is 13.1 Å². The number of likely N-dealkylation sites (tertiary alicyclic amines) is 1. The van der Waals surface area contributed by atoms with Crippen LogP contribution in [0.1, 0.15) is 34.6 Å². The number of benzene rings is 1. The van der Waals surface area contributed by atoms with Gasteiger partial charge < -0.3 is 4.90 Å². The van der Waals surface area contributed by atoms with Crippen molar-refractivity contribution in [3.05, 3.63) is 65.9 Å². The van der Waals surface area contributed by atoms with Crippen LogP contribution in [0.15, 0.2) is 48.9 Å². The first-order valence-electron chi connectivity index (χ1n) is 9.10. The zero-order chi connectivity index (χ0) is 17.9. The SMILES string of the molecule is Cc1cnc(C(=O)N2CCC[C@H](Cc3ccc4ncccc4c3)C2)cn1. The zero-order valence-corrected chi connectivity index (χ0v) is 14.9. The van der Waals surface area contributed by atoms with Crippen LogP contribution in [-0.2, 0) is 6.42 Å². The van der Waals surface area contributed by atoms with Crippen LogP contribution in [0.25, 0.3) is 10.9 Å². The van der Waals surface area contributed by atoms with E-state index in [1.165, 1.54) is 10.9 Å². The van der Waals surface area contributed by atoms with Gasteiger partial charge in [-0.2, -0.15) is 0 Å². The topological polar surface area (TPSA) is 59.0 Å². The molecule has 1 aliphatic rings. The molecular weight excluding hydrogens is 324 g/mol. The first-order valence-corrected chi connectivity index (χ1v) is 9.10. The number of pyridine rings is 1. The van der Waals surface area contributed by atoms with Crippen LogP contribution in [0.3, 0.4) is 0 Å². The summed E-state index contributed by atoms with van der Waals surface area (Å²) in [5, 5.41) is 1.17. The summed E-state index contributed by atoms with van der Waals surface area (Å²) in [6, 6.07) is 10.5. The third-order valence-electron chi connectivity index (χ3n) is 5.00. The van der Waals surface area contributed by atoms with Gasteiger partial charge >= 0.3 is 0 Å². The zero-order valence-electron chi connectivity index (χ0n) is 14.9. The van der Waals surface area contributed by atoms with E-state index >= 15 is 0 Å². The highest BCUT2D eigenvalue weighted by Gasteiger charge is 2.25. The normalized spacial score (nSPS) is 17.4. The van der Waals surface area contributed by atoms with Crippen molar-refractivity contribution in [1.82, 2.24) is 19.9 Å². The van der Waals surface area contributed by atoms with Gasteiger partial charge in [0.2, 0.25) is 0 Å². The van der Waals surface area contributed by atoms with Crippen molar-refractivity contribution < 1.29 is 4.79 Å². The van der Waals surface area contributed by atoms with Crippen LogP contribution in [0.4, 0.5) is 0 Å². The number of amides is 1. The van der Waals surface area contributed by atoms with Crippen molar-refractivity contribution in [2.45, 2.75) is 26.2 Å². The fourth-order valence-corrected chi connectivity index (χ4v) is 3.67. The second-order valence-corrected chi connectivity index (χ2v) is 7.04. The number of nitrogens with zero attached hydrogens (tertiary/aromatic N) is 4. The number of piperidine rings is 1. The number of rotatable bonds is 3. The molecule has 1 fully saturated rings. The van der Waals surface area contributed by atoms with Gasteiger partial charge in [-0.1, -0.05) is 12.1 Å². The molecule has 2 aromatic heterocycles. The third-order valence-corrected chi connectivity index (χ3v) is 5.00. The molecule has 1 saturated heterocycles. The number of hydrogen-bond donors (Lipinski definition) is 0. The van der Waals surface area contributed by atoms with Crippen molar-refractivity contribution >= 4 is 16.8 Å². The highest BCUT2D eigenvalue weighted by Crippen LogP contribution is 2.23. The molecule has 0 aliphatic carbocycles. The van der Waals surface area contributed by atoms with Crippen LogP contribution >= 0.6 is 0 Å². The molecule has 0 unspecified atom stereocenters. The second-order valence-electron chi connectivity index (χ2n) is 7.04. The maximum absolute atomic E-state index is 12.7. The van der Waals surface area contributed by atoms with E-state index in [1.54, 1.807) is 12.4 Å². The van der Waals surface area contributed by atoms with E-state index in [0.717, 1.165) is 43.6 Å². The molecule has 3 heterocycles. The molecule has 0 saturated carbocycles. The van der Waals surface area contributed by atoms with Crippen LogP contribution < -0.4 is 0 Å². The molecule has 0 N–H and O–H groups in total. The summed E-state index contributed by atoms with van der Waals surface area (Å²) < 4.78 is 0. The quantitative estimate of drug-likeness (QED) is 0.729. The Balaban J connectivity index is 1.45. The van der Waals surface area contributed by atoms with Gasteiger partial charge in [0.05, 0.1) is 17.4 Å². The van der Waals surface area contributed by atoms with E-state index < -0.39 is 0 Å². The van der Waals surface area contributed by atoms with Gasteiger partial charge in [-0.25, -0.2) is 4.98 Å². The Labute approximate surface area is 153 Å². The number of aromatic nitrogens is 3. The molecule has 5 heteroatoms. The highest BCUT2D eigenvalue weighted by atomic mass is 16.2. The fraction of sp³-hybridized carbons (Fsp3) is 0.333. The largest absolute Gasteiger partial charge is 0.337 e. The molecule has 5 nitrogen and oxygen atoms in total. The summed E-state index contributed by atoms with van der Waals surface area (Å²) in [4.78, 5) is 27.4. The second kappa shape index (κ2) is 7.20. The average molecular weight is 346 g/mol. The Morgan fingerprint density at radius 1 is 1.19 bits per heavy atom. The van der Waals surface area contributed by atoms with E-state index in [0.29, 0.717) is 11.6 Å². The smallest absolute Gasteiger partial charge is 0.274 e. The Kier molecular flexibility index (Phi) is 4.61. The van der Waals surface area contributed by atoms with Crippen LogP contribution in [0.5, 0.6) is 0 Å². The van der Waals surface area contributed by atoms with Gasteiger partial charge in [0.1, 0.15) is 5.69 Å². The lowest BCUT2D eigenvalue weighted by Gasteiger charge is -2.32. The highest BCUT2D eigenvalue weighted by molar-refractivity contribution is 5.92. The molecule has 26 heavy (non-hydrogen) atoms. The standard InChI is InChI=1S/C21H22N4O/c1-15-12-24-20(13-23-15)21(26)25-9-3-4-17(14-25)10-16-6-7-19-18(11-16)5-2-8-22-19/h2,5-8,11-13,17H,3-4,9-10,14H2,1H3/t17-/m1/s1. The Bertz CT molecular complexity index is 923. The molecule has 3 aromatic rings. The van der Waals surface area contributed by atoms with Crippen LogP contribution in [0.2, 0.25) is 0 Å². The van der Waals surface area contributed by atoms with Gasteiger partial charge in [0.25, 0.3) is 5.91 Å². The van der Waals surface area contributed by atoms with Gasteiger partial charge in [-0.3, -0.25) is 14.8 Å². The minimum absolute atomic E-state index is 0.00934. The number of carbonyl (C=O) groups is 1. The van der Waals surface area contributed by atoms with E-state index in [4.69, 9.17) is 0 Å². The maximum atomic E-state index is 12.7. The van der Waals surface area contributed by atoms with Gasteiger partial charge in [-0.05, 0) is 55.9 Å². The summed E-state index contributed by atoms with van der Waals surface area (Å²) >= 11 is 0. The van der Waals surface area contributed by atoms with Gasteiger partial charge in [-0.15, -0.1) is 0 Å². The Morgan fingerprint density at radius 2 is 2.12 bits per heavy atom. The van der Waals surface area contributed by atoms with Gasteiger partial charge in [0, 0.05) is 30.9 Å². The molecule has 1 aliphatic heterocycles. The van der Waals surface area contributed by atoms with Gasteiger partial charge in [0.15, 0.2) is 0 Å². The minimum atomic E-state index is -0.00934. The summed E-state index contributed by atoms with van der Waals surface area (Å²) in [6.45, 7) is 3.45. The van der Waals surface area contributed by atoms with Crippen LogP contribution in [0, 0.1) is 12.8 Å². The third kappa shape index (κ3) is 3.57. The maximum Gasteiger partial charge on any atom is 0.274 e. The van der Waals surface area contributed by atoms with Crippen molar-refractivity contribution in [3.8, 4) is 0 Å². The van der Waals surface area contributed by atoms with E-state index in [9.17, 15) is 4.79 Å². The number of carbonyl (C=O) groups excluding carboxylic acids is 1. The van der Waals surface area contributed by atoms with Crippen LogP contribution in [-0.4, -0.2) is 38.8 Å². The van der Waals surface area contributed by atoms with E-state index in [-0.39, 0.29) is 5.91 Å². The molecule has 1 amide bonds. The predicted molar refractivity (Wildman–Crippen MR) is 101 cm³/mol. The fourth-order valence-electron chi connectivity index (χ4n) is 3.67. The Hall–Kier alpha value is -2.82. The first kappa shape index (κ1) is 16.6.